The van der Waals surface area contributed by atoms with Crippen LogP contribution in [-0.4, -0.2) is 17.1 Å². The summed E-state index contributed by atoms with van der Waals surface area (Å²) in [5.41, 5.74) is 0.803. The molecule has 0 fully saturated rings. The molecule has 2 nitrogen and oxygen atoms in total. The SMILES string of the molecule is CS[C](O)C(=O)Cc1ccccc1. The number of aliphatic hydroxyl groups excluding tert-OH is 1. The Hall–Kier alpha value is -0.800. The first-order chi connectivity index (χ1) is 6.24. The minimum atomic E-state index is -0.223. The van der Waals surface area contributed by atoms with E-state index in [0.717, 1.165) is 17.3 Å². The fourth-order valence-corrected chi connectivity index (χ4v) is 1.27. The van der Waals surface area contributed by atoms with E-state index in [2.05, 4.69) is 0 Å². The molecule has 1 N–H and O–H groups in total. The van der Waals surface area contributed by atoms with Crippen LogP contribution in [0.5, 0.6) is 0 Å². The summed E-state index contributed by atoms with van der Waals surface area (Å²) in [7, 11) is 0. The second kappa shape index (κ2) is 5.04. The summed E-state index contributed by atoms with van der Waals surface area (Å²) in [6, 6.07) is 9.38. The van der Waals surface area contributed by atoms with E-state index in [1.54, 1.807) is 6.26 Å². The third-order valence-electron chi connectivity index (χ3n) is 1.64. The van der Waals surface area contributed by atoms with Gasteiger partial charge in [0.1, 0.15) is 0 Å². The van der Waals surface area contributed by atoms with Crippen molar-refractivity contribution in [2.24, 2.45) is 0 Å². The van der Waals surface area contributed by atoms with Gasteiger partial charge >= 0.3 is 0 Å². The van der Waals surface area contributed by atoms with Gasteiger partial charge in [0, 0.05) is 6.42 Å². The number of ketones is 1. The van der Waals surface area contributed by atoms with E-state index in [1.807, 2.05) is 30.3 Å². The number of benzene rings is 1. The van der Waals surface area contributed by atoms with Gasteiger partial charge in [0.15, 0.2) is 5.78 Å². The average Bonchev–Trinajstić information content (AvgIpc) is 2.18. The van der Waals surface area contributed by atoms with Crippen molar-refractivity contribution in [1.29, 1.82) is 0 Å². The number of hydrogen-bond donors (Lipinski definition) is 1. The van der Waals surface area contributed by atoms with Crippen LogP contribution in [-0.2, 0) is 11.2 Å². The molecule has 1 radical (unpaired) electrons. The Morgan fingerprint density at radius 3 is 2.54 bits per heavy atom. The highest BCUT2D eigenvalue weighted by molar-refractivity contribution is 8.02. The molecule has 69 valence electrons. The van der Waals surface area contributed by atoms with E-state index in [4.69, 9.17) is 5.11 Å². The van der Waals surface area contributed by atoms with Crippen molar-refractivity contribution in [3.63, 3.8) is 0 Å². The molecule has 0 aliphatic rings. The maximum absolute atomic E-state index is 11.2. The normalized spacial score (nSPS) is 10.4. The van der Waals surface area contributed by atoms with Crippen molar-refractivity contribution in [3.05, 3.63) is 41.3 Å². The highest BCUT2D eigenvalue weighted by Gasteiger charge is 2.14. The standard InChI is InChI=1S/C10H11O2S/c1-13-10(12)9(11)7-8-5-3-2-4-6-8/h2-6,12H,7H2,1H3. The molecule has 0 spiro atoms. The van der Waals surface area contributed by atoms with Gasteiger partial charge in [0.2, 0.25) is 5.44 Å². The summed E-state index contributed by atoms with van der Waals surface area (Å²) in [4.78, 5) is 11.2. The first-order valence-electron chi connectivity index (χ1n) is 3.91. The van der Waals surface area contributed by atoms with Gasteiger partial charge in [0.05, 0.1) is 0 Å². The van der Waals surface area contributed by atoms with Gasteiger partial charge in [0.25, 0.3) is 0 Å². The maximum atomic E-state index is 11.2. The first kappa shape index (κ1) is 10.3. The van der Waals surface area contributed by atoms with Crippen LogP contribution in [0.1, 0.15) is 5.56 Å². The zero-order valence-corrected chi connectivity index (χ0v) is 8.17. The minimum absolute atomic E-state index is 0.121. The number of carbonyl (C=O) groups is 1. The van der Waals surface area contributed by atoms with Crippen LogP contribution in [0.4, 0.5) is 0 Å². The molecule has 0 heterocycles. The summed E-state index contributed by atoms with van der Waals surface area (Å²) in [5.74, 6) is -0.223. The zero-order chi connectivity index (χ0) is 9.68. The molecule has 0 unspecified atom stereocenters. The highest BCUT2D eigenvalue weighted by atomic mass is 32.2. The summed E-state index contributed by atoms with van der Waals surface area (Å²) in [5, 5.41) is 9.12. The van der Waals surface area contributed by atoms with Crippen molar-refractivity contribution in [3.8, 4) is 0 Å². The largest absolute Gasteiger partial charge is 0.369 e. The van der Waals surface area contributed by atoms with Crippen LogP contribution in [0.2, 0.25) is 0 Å². The Kier molecular flexibility index (Phi) is 3.99. The minimum Gasteiger partial charge on any atom is -0.369 e. The molecule has 0 aromatic heterocycles. The van der Waals surface area contributed by atoms with Crippen LogP contribution in [0.15, 0.2) is 30.3 Å². The molecule has 0 atom stereocenters. The van der Waals surface area contributed by atoms with E-state index in [9.17, 15) is 4.79 Å². The van der Waals surface area contributed by atoms with Crippen LogP contribution in [0.3, 0.4) is 0 Å². The van der Waals surface area contributed by atoms with Crippen molar-refractivity contribution >= 4 is 17.5 Å². The molecule has 0 amide bonds. The Bertz CT molecular complexity index is 272. The van der Waals surface area contributed by atoms with Gasteiger partial charge in [-0.25, -0.2) is 0 Å². The van der Waals surface area contributed by atoms with E-state index in [-0.39, 0.29) is 17.6 Å². The Morgan fingerprint density at radius 1 is 1.38 bits per heavy atom. The van der Waals surface area contributed by atoms with Crippen LogP contribution in [0, 0.1) is 5.44 Å². The predicted molar refractivity (Wildman–Crippen MR) is 53.8 cm³/mol. The lowest BCUT2D eigenvalue weighted by atomic mass is 10.1. The second-order valence-electron chi connectivity index (χ2n) is 2.59. The molecule has 0 aliphatic heterocycles. The van der Waals surface area contributed by atoms with E-state index in [0.29, 0.717) is 0 Å². The molecule has 0 saturated carbocycles. The number of aliphatic hydroxyl groups is 1. The summed E-state index contributed by atoms with van der Waals surface area (Å²) in [6.45, 7) is 0. The number of hydrogen-bond acceptors (Lipinski definition) is 3. The summed E-state index contributed by atoms with van der Waals surface area (Å²) >= 11 is 1.07. The Labute approximate surface area is 82.0 Å². The van der Waals surface area contributed by atoms with Crippen LogP contribution in [0.25, 0.3) is 0 Å². The van der Waals surface area contributed by atoms with E-state index < -0.39 is 0 Å². The van der Waals surface area contributed by atoms with Gasteiger partial charge in [-0.3, -0.25) is 4.79 Å². The first-order valence-corrected chi connectivity index (χ1v) is 5.13. The number of Topliss-reactive ketones (excluding diaryl/α,β-unsaturated/α-hetero) is 1. The lowest BCUT2D eigenvalue weighted by molar-refractivity contribution is -0.118. The summed E-state index contributed by atoms with van der Waals surface area (Å²) < 4.78 is 0. The monoisotopic (exact) mass is 195 g/mol. The van der Waals surface area contributed by atoms with Gasteiger partial charge in [-0.1, -0.05) is 30.3 Å². The lowest BCUT2D eigenvalue weighted by Gasteiger charge is -2.03. The molecular weight excluding hydrogens is 184 g/mol. The molecular formula is C10H11O2S. The molecule has 0 saturated heterocycles. The quantitative estimate of drug-likeness (QED) is 0.798. The average molecular weight is 195 g/mol. The van der Waals surface area contributed by atoms with Crippen LogP contribution < -0.4 is 0 Å². The molecule has 13 heavy (non-hydrogen) atoms. The van der Waals surface area contributed by atoms with Crippen LogP contribution >= 0.6 is 11.8 Å². The fourth-order valence-electron chi connectivity index (χ4n) is 0.971. The zero-order valence-electron chi connectivity index (χ0n) is 7.36. The second-order valence-corrected chi connectivity index (χ2v) is 3.39. The maximum Gasteiger partial charge on any atom is 0.215 e. The number of thioether (sulfide) groups is 1. The number of rotatable bonds is 4. The summed E-state index contributed by atoms with van der Waals surface area (Å²) in [6.07, 6.45) is 1.95. The molecule has 1 rings (SSSR count). The topological polar surface area (TPSA) is 37.3 Å². The molecule has 0 bridgehead atoms. The van der Waals surface area contributed by atoms with Crippen molar-refractivity contribution in [1.82, 2.24) is 0 Å². The third-order valence-corrected chi connectivity index (χ3v) is 2.25. The van der Waals surface area contributed by atoms with E-state index >= 15 is 0 Å². The van der Waals surface area contributed by atoms with Crippen molar-refractivity contribution < 1.29 is 9.90 Å². The molecule has 3 heteroatoms. The van der Waals surface area contributed by atoms with Crippen molar-refractivity contribution in [2.45, 2.75) is 6.42 Å². The fraction of sp³-hybridized carbons (Fsp3) is 0.200. The van der Waals surface area contributed by atoms with Gasteiger partial charge in [-0.05, 0) is 11.8 Å². The third kappa shape index (κ3) is 3.20. The number of carbonyl (C=O) groups excluding carboxylic acids is 1. The molecule has 1 aromatic rings. The molecule has 1 aromatic carbocycles. The highest BCUT2D eigenvalue weighted by Crippen LogP contribution is 2.15. The van der Waals surface area contributed by atoms with Gasteiger partial charge in [-0.2, -0.15) is 0 Å². The predicted octanol–water partition coefficient (Wildman–Crippen LogP) is 2.02. The van der Waals surface area contributed by atoms with E-state index in [1.165, 1.54) is 0 Å². The van der Waals surface area contributed by atoms with Gasteiger partial charge < -0.3 is 5.11 Å². The van der Waals surface area contributed by atoms with Crippen molar-refractivity contribution in [2.75, 3.05) is 6.26 Å². The smallest absolute Gasteiger partial charge is 0.215 e. The Morgan fingerprint density at radius 2 is 2.00 bits per heavy atom. The molecule has 0 aliphatic carbocycles. The van der Waals surface area contributed by atoms with Gasteiger partial charge in [-0.15, -0.1) is 11.8 Å². The lowest BCUT2D eigenvalue weighted by Crippen LogP contribution is -2.10. The Balaban J connectivity index is 2.55.